The van der Waals surface area contributed by atoms with Gasteiger partial charge in [0.1, 0.15) is 0 Å². The Hall–Kier alpha value is -1.58. The number of benzene rings is 1. The number of thiocarbonyl (C=S) groups is 1. The summed E-state index contributed by atoms with van der Waals surface area (Å²) in [6.45, 7) is 6.35. The lowest BCUT2D eigenvalue weighted by atomic mass is 10.1. The summed E-state index contributed by atoms with van der Waals surface area (Å²) >= 11 is 5.34. The molecule has 0 spiro atoms. The van der Waals surface area contributed by atoms with E-state index in [0.29, 0.717) is 17.3 Å². The van der Waals surface area contributed by atoms with Crippen molar-refractivity contribution in [1.82, 2.24) is 10.2 Å². The number of ether oxygens (including phenoxy) is 1. The summed E-state index contributed by atoms with van der Waals surface area (Å²) in [6.07, 6.45) is -1.14. The molecule has 0 aliphatic carbocycles. The molecule has 2 heterocycles. The molecule has 0 aromatic heterocycles. The Morgan fingerprint density at radius 2 is 1.79 bits per heavy atom. The zero-order valence-electron chi connectivity index (χ0n) is 15.9. The van der Waals surface area contributed by atoms with Crippen LogP contribution in [0, 0.1) is 0 Å². The molecule has 0 bridgehead atoms. The van der Waals surface area contributed by atoms with Gasteiger partial charge in [-0.3, -0.25) is 4.90 Å². The van der Waals surface area contributed by atoms with Gasteiger partial charge in [0.15, 0.2) is 5.11 Å². The molecule has 0 radical (unpaired) electrons. The van der Waals surface area contributed by atoms with Gasteiger partial charge >= 0.3 is 6.18 Å². The monoisotopic (exact) mass is 416 g/mol. The van der Waals surface area contributed by atoms with Crippen molar-refractivity contribution in [3.63, 3.8) is 0 Å². The van der Waals surface area contributed by atoms with Crippen molar-refractivity contribution in [3.05, 3.63) is 23.8 Å². The lowest BCUT2D eigenvalue weighted by Crippen LogP contribution is -2.42. The summed E-state index contributed by atoms with van der Waals surface area (Å²) in [5, 5.41) is 6.44. The molecule has 1 aromatic rings. The minimum absolute atomic E-state index is 0.339. The lowest BCUT2D eigenvalue weighted by Gasteiger charge is -2.31. The average Bonchev–Trinajstić information content (AvgIpc) is 2.69. The van der Waals surface area contributed by atoms with Crippen molar-refractivity contribution in [2.75, 3.05) is 62.7 Å². The predicted octanol–water partition coefficient (Wildman–Crippen LogP) is 3.31. The number of alkyl halides is 3. The summed E-state index contributed by atoms with van der Waals surface area (Å²) in [7, 11) is 0. The van der Waals surface area contributed by atoms with E-state index in [0.717, 1.165) is 83.0 Å². The highest BCUT2D eigenvalue weighted by atomic mass is 32.1. The Morgan fingerprint density at radius 3 is 2.46 bits per heavy atom. The first-order valence-electron chi connectivity index (χ1n) is 9.74. The molecule has 2 fully saturated rings. The standard InChI is InChI=1S/C19H27F3N4OS/c20-19(21,22)15-4-5-17(26-7-2-1-3-8-26)16(14-15)24-18(28)23-6-9-25-10-12-27-13-11-25/h4-5,14H,1-3,6-13H2,(H2,23,24,28). The fourth-order valence-electron chi connectivity index (χ4n) is 3.54. The number of hydrogen-bond donors (Lipinski definition) is 2. The quantitative estimate of drug-likeness (QED) is 0.718. The Bertz CT molecular complexity index is 659. The van der Waals surface area contributed by atoms with E-state index in [1.54, 1.807) is 6.07 Å². The Morgan fingerprint density at radius 1 is 1.07 bits per heavy atom. The molecule has 2 N–H and O–H groups in total. The number of piperidine rings is 1. The van der Waals surface area contributed by atoms with Crippen LogP contribution in [0.2, 0.25) is 0 Å². The van der Waals surface area contributed by atoms with Crippen molar-refractivity contribution < 1.29 is 17.9 Å². The fraction of sp³-hybridized carbons (Fsp3) is 0.632. The summed E-state index contributed by atoms with van der Waals surface area (Å²) in [5.74, 6) is 0. The molecule has 0 amide bonds. The van der Waals surface area contributed by atoms with Crippen LogP contribution in [0.4, 0.5) is 24.5 Å². The fourth-order valence-corrected chi connectivity index (χ4v) is 3.75. The minimum atomic E-state index is -4.39. The SMILES string of the molecule is FC(F)(F)c1ccc(N2CCCCC2)c(NC(=S)NCCN2CCOCC2)c1. The number of nitrogens with one attached hydrogen (secondary N) is 2. The largest absolute Gasteiger partial charge is 0.416 e. The molecule has 1 aromatic carbocycles. The van der Waals surface area contributed by atoms with E-state index in [9.17, 15) is 13.2 Å². The van der Waals surface area contributed by atoms with Crippen LogP contribution in [0.25, 0.3) is 0 Å². The number of anilines is 2. The maximum Gasteiger partial charge on any atom is 0.416 e. The van der Waals surface area contributed by atoms with Gasteiger partial charge < -0.3 is 20.3 Å². The van der Waals surface area contributed by atoms with Gasteiger partial charge in [-0.05, 0) is 49.7 Å². The van der Waals surface area contributed by atoms with E-state index >= 15 is 0 Å². The van der Waals surface area contributed by atoms with Crippen LogP contribution in [0.1, 0.15) is 24.8 Å². The number of halogens is 3. The third-order valence-electron chi connectivity index (χ3n) is 5.09. The molecule has 2 aliphatic rings. The third kappa shape index (κ3) is 5.96. The summed E-state index contributed by atoms with van der Waals surface area (Å²) in [6, 6.07) is 3.84. The molecule has 3 rings (SSSR count). The molecule has 2 saturated heterocycles. The molecule has 156 valence electrons. The molecular weight excluding hydrogens is 389 g/mol. The van der Waals surface area contributed by atoms with Crippen LogP contribution in [0.5, 0.6) is 0 Å². The van der Waals surface area contributed by atoms with Crippen molar-refractivity contribution in [2.24, 2.45) is 0 Å². The van der Waals surface area contributed by atoms with E-state index in [4.69, 9.17) is 17.0 Å². The molecule has 0 unspecified atom stereocenters. The molecule has 28 heavy (non-hydrogen) atoms. The number of hydrogen-bond acceptors (Lipinski definition) is 4. The van der Waals surface area contributed by atoms with E-state index in [-0.39, 0.29) is 0 Å². The molecule has 0 saturated carbocycles. The van der Waals surface area contributed by atoms with Crippen molar-refractivity contribution in [3.8, 4) is 0 Å². The Kier molecular flexibility index (Phi) is 7.36. The molecule has 9 heteroatoms. The number of rotatable bonds is 5. The van der Waals surface area contributed by atoms with Gasteiger partial charge in [0.05, 0.1) is 30.2 Å². The van der Waals surface area contributed by atoms with E-state index < -0.39 is 11.7 Å². The second-order valence-electron chi connectivity index (χ2n) is 7.11. The molecular formula is C19H27F3N4OS. The van der Waals surface area contributed by atoms with Gasteiger partial charge in [-0.15, -0.1) is 0 Å². The first-order chi connectivity index (χ1) is 13.4. The molecule has 5 nitrogen and oxygen atoms in total. The van der Waals surface area contributed by atoms with Crippen LogP contribution in [0.15, 0.2) is 18.2 Å². The lowest BCUT2D eigenvalue weighted by molar-refractivity contribution is -0.137. The summed E-state index contributed by atoms with van der Waals surface area (Å²) in [4.78, 5) is 4.39. The summed E-state index contributed by atoms with van der Waals surface area (Å²) in [5.41, 5.74) is 0.498. The molecule has 2 aliphatic heterocycles. The van der Waals surface area contributed by atoms with Crippen LogP contribution in [0.3, 0.4) is 0 Å². The van der Waals surface area contributed by atoms with Gasteiger partial charge in [-0.2, -0.15) is 13.2 Å². The van der Waals surface area contributed by atoms with E-state index in [1.165, 1.54) is 0 Å². The minimum Gasteiger partial charge on any atom is -0.379 e. The Labute approximate surface area is 169 Å². The smallest absolute Gasteiger partial charge is 0.379 e. The first-order valence-corrected chi connectivity index (χ1v) is 10.2. The van der Waals surface area contributed by atoms with Crippen molar-refractivity contribution in [2.45, 2.75) is 25.4 Å². The van der Waals surface area contributed by atoms with Crippen LogP contribution < -0.4 is 15.5 Å². The van der Waals surface area contributed by atoms with Gasteiger partial charge in [-0.1, -0.05) is 0 Å². The third-order valence-corrected chi connectivity index (χ3v) is 5.33. The number of morpholine rings is 1. The molecule has 0 atom stereocenters. The second kappa shape index (κ2) is 9.76. The van der Waals surface area contributed by atoms with Gasteiger partial charge in [0.2, 0.25) is 0 Å². The second-order valence-corrected chi connectivity index (χ2v) is 7.52. The maximum atomic E-state index is 13.2. The van der Waals surface area contributed by atoms with E-state index in [1.807, 2.05) is 0 Å². The zero-order chi connectivity index (χ0) is 20.0. The van der Waals surface area contributed by atoms with E-state index in [2.05, 4.69) is 20.4 Å². The highest BCUT2D eigenvalue weighted by Crippen LogP contribution is 2.36. The van der Waals surface area contributed by atoms with Crippen molar-refractivity contribution >= 4 is 28.7 Å². The van der Waals surface area contributed by atoms with Crippen molar-refractivity contribution in [1.29, 1.82) is 0 Å². The predicted molar refractivity (Wildman–Crippen MR) is 109 cm³/mol. The highest BCUT2D eigenvalue weighted by Gasteiger charge is 2.31. The normalized spacial score (nSPS) is 18.8. The first kappa shape index (κ1) is 21.1. The topological polar surface area (TPSA) is 39.8 Å². The number of nitrogens with zero attached hydrogens (tertiary/aromatic N) is 2. The summed E-state index contributed by atoms with van der Waals surface area (Å²) < 4.78 is 44.9. The highest BCUT2D eigenvalue weighted by molar-refractivity contribution is 7.80. The van der Waals surface area contributed by atoms with Gasteiger partial charge in [-0.25, -0.2) is 0 Å². The van der Waals surface area contributed by atoms with Crippen LogP contribution in [-0.2, 0) is 10.9 Å². The van der Waals surface area contributed by atoms with Gasteiger partial charge in [0.25, 0.3) is 0 Å². The average molecular weight is 417 g/mol. The van der Waals surface area contributed by atoms with Crippen LogP contribution in [-0.4, -0.2) is 62.5 Å². The van der Waals surface area contributed by atoms with Gasteiger partial charge in [0, 0.05) is 39.3 Å². The zero-order valence-corrected chi connectivity index (χ0v) is 16.7. The maximum absolute atomic E-state index is 13.2. The van der Waals surface area contributed by atoms with Crippen LogP contribution >= 0.6 is 12.2 Å². The Balaban J connectivity index is 1.64.